The van der Waals surface area contributed by atoms with Crippen molar-refractivity contribution in [3.8, 4) is 0 Å². The Morgan fingerprint density at radius 3 is 2.39 bits per heavy atom. The van der Waals surface area contributed by atoms with Crippen molar-refractivity contribution in [1.29, 1.82) is 0 Å². The van der Waals surface area contributed by atoms with Crippen LogP contribution < -0.4 is 0 Å². The first-order valence-corrected chi connectivity index (χ1v) is 6.67. The molecule has 0 radical (unpaired) electrons. The molecule has 0 saturated heterocycles. The SMILES string of the molecule is c1ccc2c(c1)CC1=[N+](CCc3ccccc31)C2. The fourth-order valence-electron chi connectivity index (χ4n) is 3.23. The summed E-state index contributed by atoms with van der Waals surface area (Å²) in [4.78, 5) is 0. The standard InChI is InChI=1S/C17H16N/c1-2-7-15-12-18-10-9-13-5-3-4-8-16(13)17(18)11-14(15)6-1/h1-8H,9-12H2/q+1. The van der Waals surface area contributed by atoms with Crippen molar-refractivity contribution in [3.05, 3.63) is 70.8 Å². The number of hydrogen-bond acceptors (Lipinski definition) is 0. The molecule has 4 rings (SSSR count). The van der Waals surface area contributed by atoms with Crippen LogP contribution in [0, 0.1) is 0 Å². The Balaban J connectivity index is 1.86. The van der Waals surface area contributed by atoms with Crippen LogP contribution >= 0.6 is 0 Å². The van der Waals surface area contributed by atoms with Gasteiger partial charge in [0, 0.05) is 17.5 Å². The maximum Gasteiger partial charge on any atom is 0.188 e. The summed E-state index contributed by atoms with van der Waals surface area (Å²) in [6, 6.07) is 17.7. The first kappa shape index (κ1) is 10.1. The fourth-order valence-corrected chi connectivity index (χ4v) is 3.23. The summed E-state index contributed by atoms with van der Waals surface area (Å²) >= 11 is 0. The second-order valence-corrected chi connectivity index (χ2v) is 5.22. The zero-order valence-corrected chi connectivity index (χ0v) is 10.4. The topological polar surface area (TPSA) is 3.01 Å². The highest BCUT2D eigenvalue weighted by molar-refractivity contribution is 6.00. The van der Waals surface area contributed by atoms with E-state index < -0.39 is 0 Å². The lowest BCUT2D eigenvalue weighted by Crippen LogP contribution is -2.34. The highest BCUT2D eigenvalue weighted by Gasteiger charge is 2.29. The minimum Gasteiger partial charge on any atom is -0.228 e. The molecule has 0 aromatic heterocycles. The number of benzene rings is 2. The molecule has 18 heavy (non-hydrogen) atoms. The van der Waals surface area contributed by atoms with E-state index in [2.05, 4.69) is 53.1 Å². The Morgan fingerprint density at radius 2 is 1.50 bits per heavy atom. The third kappa shape index (κ3) is 1.43. The van der Waals surface area contributed by atoms with E-state index in [1.54, 1.807) is 0 Å². The van der Waals surface area contributed by atoms with Gasteiger partial charge < -0.3 is 0 Å². The molecule has 2 aromatic rings. The molecule has 2 heterocycles. The van der Waals surface area contributed by atoms with Gasteiger partial charge in [-0.3, -0.25) is 0 Å². The Hall–Kier alpha value is -1.89. The summed E-state index contributed by atoms with van der Waals surface area (Å²) in [5, 5.41) is 0. The maximum atomic E-state index is 2.56. The van der Waals surface area contributed by atoms with Gasteiger partial charge in [0.15, 0.2) is 12.3 Å². The summed E-state index contributed by atoms with van der Waals surface area (Å²) in [6.45, 7) is 2.25. The number of rotatable bonds is 0. The molecule has 0 unspecified atom stereocenters. The predicted molar refractivity (Wildman–Crippen MR) is 73.2 cm³/mol. The normalized spacial score (nSPS) is 16.9. The quantitative estimate of drug-likeness (QED) is 0.617. The molecular weight excluding hydrogens is 218 g/mol. The Bertz CT molecular complexity index is 652. The molecule has 1 nitrogen and oxygen atoms in total. The largest absolute Gasteiger partial charge is 0.228 e. The van der Waals surface area contributed by atoms with Gasteiger partial charge in [-0.15, -0.1) is 0 Å². The van der Waals surface area contributed by atoms with Gasteiger partial charge in [0.1, 0.15) is 6.54 Å². The average Bonchev–Trinajstić information content (AvgIpc) is 2.45. The van der Waals surface area contributed by atoms with Gasteiger partial charge in [-0.25, -0.2) is 4.58 Å². The molecule has 0 N–H and O–H groups in total. The molecule has 2 aliphatic rings. The van der Waals surface area contributed by atoms with Gasteiger partial charge in [0.25, 0.3) is 0 Å². The molecule has 2 aromatic carbocycles. The number of hydrogen-bond donors (Lipinski definition) is 0. The van der Waals surface area contributed by atoms with E-state index in [1.165, 1.54) is 40.9 Å². The molecule has 0 amide bonds. The molecule has 1 heteroatoms. The van der Waals surface area contributed by atoms with Gasteiger partial charge in [0.2, 0.25) is 0 Å². The second-order valence-electron chi connectivity index (χ2n) is 5.22. The van der Waals surface area contributed by atoms with Crippen LogP contribution in [0.25, 0.3) is 0 Å². The van der Waals surface area contributed by atoms with Crippen molar-refractivity contribution in [2.45, 2.75) is 19.4 Å². The minimum atomic E-state index is 1.08. The lowest BCUT2D eigenvalue weighted by molar-refractivity contribution is -0.547. The summed E-state index contributed by atoms with van der Waals surface area (Å²) in [6.07, 6.45) is 2.27. The molecule has 2 aliphatic heterocycles. The van der Waals surface area contributed by atoms with E-state index in [-0.39, 0.29) is 0 Å². The molecule has 88 valence electrons. The molecule has 0 fully saturated rings. The third-order valence-electron chi connectivity index (χ3n) is 4.20. The highest BCUT2D eigenvalue weighted by Crippen LogP contribution is 2.24. The lowest BCUT2D eigenvalue weighted by Gasteiger charge is -2.23. The van der Waals surface area contributed by atoms with Gasteiger partial charge in [0.05, 0.1) is 6.42 Å². The van der Waals surface area contributed by atoms with E-state index in [0.29, 0.717) is 0 Å². The van der Waals surface area contributed by atoms with Crippen molar-refractivity contribution >= 4 is 5.71 Å². The van der Waals surface area contributed by atoms with Gasteiger partial charge >= 0.3 is 0 Å². The third-order valence-corrected chi connectivity index (χ3v) is 4.20. The predicted octanol–water partition coefficient (Wildman–Crippen LogP) is 2.80. The summed E-state index contributed by atoms with van der Waals surface area (Å²) in [5.74, 6) is 0. The zero-order chi connectivity index (χ0) is 11.9. The molecule has 0 saturated carbocycles. The van der Waals surface area contributed by atoms with Crippen molar-refractivity contribution in [3.63, 3.8) is 0 Å². The Labute approximate surface area is 107 Å². The lowest BCUT2D eigenvalue weighted by atomic mass is 9.88. The van der Waals surface area contributed by atoms with E-state index >= 15 is 0 Å². The van der Waals surface area contributed by atoms with E-state index in [0.717, 1.165) is 13.0 Å². The number of fused-ring (bicyclic) bond motifs is 3. The van der Waals surface area contributed by atoms with Crippen LogP contribution in [0.4, 0.5) is 0 Å². The van der Waals surface area contributed by atoms with Crippen LogP contribution in [0.5, 0.6) is 0 Å². The molecule has 0 spiro atoms. The molecular formula is C17H16N+. The van der Waals surface area contributed by atoms with Crippen LogP contribution in [0.3, 0.4) is 0 Å². The van der Waals surface area contributed by atoms with Crippen molar-refractivity contribution in [2.75, 3.05) is 6.54 Å². The minimum absolute atomic E-state index is 1.08. The molecule has 0 aliphatic carbocycles. The summed E-state index contributed by atoms with van der Waals surface area (Å²) < 4.78 is 2.56. The van der Waals surface area contributed by atoms with Crippen LogP contribution in [-0.4, -0.2) is 16.8 Å². The van der Waals surface area contributed by atoms with Gasteiger partial charge in [-0.05, 0) is 17.2 Å². The highest BCUT2D eigenvalue weighted by atomic mass is 15.0. The van der Waals surface area contributed by atoms with E-state index in [1.807, 2.05) is 0 Å². The van der Waals surface area contributed by atoms with Gasteiger partial charge in [-0.1, -0.05) is 42.5 Å². The van der Waals surface area contributed by atoms with Crippen LogP contribution in [-0.2, 0) is 19.4 Å². The number of nitrogens with zero attached hydrogens (tertiary/aromatic N) is 1. The van der Waals surface area contributed by atoms with Gasteiger partial charge in [-0.2, -0.15) is 0 Å². The molecule has 0 atom stereocenters. The summed E-state index contributed by atoms with van der Waals surface area (Å²) in [5.41, 5.74) is 7.51. The van der Waals surface area contributed by atoms with Crippen LogP contribution in [0.2, 0.25) is 0 Å². The zero-order valence-electron chi connectivity index (χ0n) is 10.4. The van der Waals surface area contributed by atoms with E-state index in [9.17, 15) is 0 Å². The fraction of sp³-hybridized carbons (Fsp3) is 0.235. The Morgan fingerprint density at radius 1 is 0.778 bits per heavy atom. The average molecular weight is 234 g/mol. The smallest absolute Gasteiger partial charge is 0.188 e. The Kier molecular flexibility index (Phi) is 2.13. The van der Waals surface area contributed by atoms with Crippen molar-refractivity contribution in [2.24, 2.45) is 0 Å². The second kappa shape index (κ2) is 3.81. The van der Waals surface area contributed by atoms with Crippen LogP contribution in [0.15, 0.2) is 48.5 Å². The van der Waals surface area contributed by atoms with E-state index in [4.69, 9.17) is 0 Å². The van der Waals surface area contributed by atoms with Crippen LogP contribution in [0.1, 0.15) is 22.3 Å². The molecule has 0 bridgehead atoms. The monoisotopic (exact) mass is 234 g/mol. The first-order chi connectivity index (χ1) is 8.92. The van der Waals surface area contributed by atoms with Crippen molar-refractivity contribution < 1.29 is 4.58 Å². The summed E-state index contributed by atoms with van der Waals surface area (Å²) in [7, 11) is 0. The first-order valence-electron chi connectivity index (χ1n) is 6.67. The maximum absolute atomic E-state index is 2.56. The van der Waals surface area contributed by atoms with Crippen molar-refractivity contribution in [1.82, 2.24) is 0 Å².